The highest BCUT2D eigenvalue weighted by atomic mass is 14.7. The molecule has 1 heteroatoms. The van der Waals surface area contributed by atoms with Gasteiger partial charge < -0.3 is 0 Å². The van der Waals surface area contributed by atoms with Crippen molar-refractivity contribution in [2.45, 2.75) is 41.0 Å². The molecule has 14 heavy (non-hydrogen) atoms. The lowest BCUT2D eigenvalue weighted by atomic mass is 9.74. The Hall–Kier alpha value is -0.850. The molecule has 0 rings (SSSR count). The molecule has 0 amide bonds. The lowest BCUT2D eigenvalue weighted by Gasteiger charge is -2.32. The number of nitrogens with zero attached hydrogens (tertiary/aromatic N) is 1. The highest BCUT2D eigenvalue weighted by Gasteiger charge is 2.28. The van der Waals surface area contributed by atoms with E-state index in [0.29, 0.717) is 5.41 Å². The fourth-order valence-electron chi connectivity index (χ4n) is 2.02. The van der Waals surface area contributed by atoms with Gasteiger partial charge in [0.15, 0.2) is 0 Å². The summed E-state index contributed by atoms with van der Waals surface area (Å²) < 4.78 is 0. The first-order chi connectivity index (χ1) is 6.23. The predicted octanol–water partition coefficient (Wildman–Crippen LogP) is 4.22. The molecule has 0 aliphatic rings. The maximum Gasteiger partial charge on any atom is 0.0452 e. The highest BCUT2D eigenvalue weighted by molar-refractivity contribution is 5.32. The van der Waals surface area contributed by atoms with E-state index in [-0.39, 0.29) is 5.41 Å². The topological polar surface area (TPSA) is 12.4 Å². The average molecular weight is 193 g/mol. The van der Waals surface area contributed by atoms with Crippen LogP contribution in [0.2, 0.25) is 0 Å². The molecule has 0 radical (unpaired) electrons. The molecule has 0 N–H and O–H groups in total. The van der Waals surface area contributed by atoms with Crippen LogP contribution in [0.4, 0.5) is 0 Å². The Morgan fingerprint density at radius 1 is 1.21 bits per heavy atom. The standard InChI is InChI=1S/C13H23N/c1-8-9-11(14-7)13(5,6)10-12(2,3)4/h8-9H,1,7,10H2,2-6H3/b11-9-. The van der Waals surface area contributed by atoms with Crippen molar-refractivity contribution in [3.63, 3.8) is 0 Å². The first-order valence-corrected chi connectivity index (χ1v) is 5.03. The zero-order valence-corrected chi connectivity index (χ0v) is 10.2. The molecule has 0 saturated carbocycles. The summed E-state index contributed by atoms with van der Waals surface area (Å²) in [6.45, 7) is 18.4. The first kappa shape index (κ1) is 13.2. The van der Waals surface area contributed by atoms with Crippen molar-refractivity contribution in [3.05, 3.63) is 24.4 Å². The predicted molar refractivity (Wildman–Crippen MR) is 65.7 cm³/mol. The second-order valence-electron chi connectivity index (χ2n) is 5.57. The van der Waals surface area contributed by atoms with Gasteiger partial charge in [0.2, 0.25) is 0 Å². The van der Waals surface area contributed by atoms with Gasteiger partial charge in [-0.05, 0) is 24.6 Å². The molecular formula is C13H23N. The second-order valence-corrected chi connectivity index (χ2v) is 5.57. The Bertz CT molecular complexity index is 238. The van der Waals surface area contributed by atoms with E-state index in [9.17, 15) is 0 Å². The van der Waals surface area contributed by atoms with E-state index in [1.807, 2.05) is 6.08 Å². The van der Waals surface area contributed by atoms with Gasteiger partial charge in [0.05, 0.1) is 0 Å². The molecule has 0 spiro atoms. The first-order valence-electron chi connectivity index (χ1n) is 5.03. The Balaban J connectivity index is 4.83. The van der Waals surface area contributed by atoms with Gasteiger partial charge in [-0.2, -0.15) is 0 Å². The Kier molecular flexibility index (Phi) is 4.31. The summed E-state index contributed by atoms with van der Waals surface area (Å²) in [4.78, 5) is 4.07. The van der Waals surface area contributed by atoms with E-state index >= 15 is 0 Å². The van der Waals surface area contributed by atoms with Gasteiger partial charge in [-0.15, -0.1) is 0 Å². The third-order valence-corrected chi connectivity index (χ3v) is 2.11. The number of aliphatic imine (C=N–C) groups is 1. The molecule has 1 nitrogen and oxygen atoms in total. The maximum atomic E-state index is 4.07. The summed E-state index contributed by atoms with van der Waals surface area (Å²) in [5.74, 6) is 0. The molecule has 0 bridgehead atoms. The second kappa shape index (κ2) is 4.59. The fraction of sp³-hybridized carbons (Fsp3) is 0.615. The van der Waals surface area contributed by atoms with Crippen molar-refractivity contribution in [1.82, 2.24) is 0 Å². The van der Waals surface area contributed by atoms with Gasteiger partial charge >= 0.3 is 0 Å². The van der Waals surface area contributed by atoms with Gasteiger partial charge in [-0.25, -0.2) is 0 Å². The zero-order chi connectivity index (χ0) is 11.4. The van der Waals surface area contributed by atoms with Gasteiger partial charge in [0, 0.05) is 11.1 Å². The van der Waals surface area contributed by atoms with Crippen LogP contribution in [0.1, 0.15) is 41.0 Å². The average Bonchev–Trinajstić information content (AvgIpc) is 1.94. The van der Waals surface area contributed by atoms with Crippen LogP contribution in [0.25, 0.3) is 0 Å². The molecule has 0 heterocycles. The van der Waals surface area contributed by atoms with Crippen LogP contribution in [0.5, 0.6) is 0 Å². The molecule has 0 aromatic rings. The van der Waals surface area contributed by atoms with Crippen LogP contribution >= 0.6 is 0 Å². The van der Waals surface area contributed by atoms with E-state index in [1.165, 1.54) is 0 Å². The minimum absolute atomic E-state index is 0.0637. The summed E-state index contributed by atoms with van der Waals surface area (Å²) in [6, 6.07) is 0. The molecule has 0 saturated heterocycles. The molecule has 0 aliphatic heterocycles. The zero-order valence-electron chi connectivity index (χ0n) is 10.2. The third-order valence-electron chi connectivity index (χ3n) is 2.11. The fourth-order valence-corrected chi connectivity index (χ4v) is 2.02. The molecular weight excluding hydrogens is 170 g/mol. The molecule has 0 atom stereocenters. The van der Waals surface area contributed by atoms with Crippen molar-refractivity contribution in [3.8, 4) is 0 Å². The van der Waals surface area contributed by atoms with Crippen molar-refractivity contribution in [1.29, 1.82) is 0 Å². The number of hydrogen-bond acceptors (Lipinski definition) is 1. The van der Waals surface area contributed by atoms with Crippen LogP contribution in [-0.2, 0) is 0 Å². The van der Waals surface area contributed by atoms with Gasteiger partial charge in [0.25, 0.3) is 0 Å². The third kappa shape index (κ3) is 4.40. The van der Waals surface area contributed by atoms with Crippen molar-refractivity contribution in [2.24, 2.45) is 15.8 Å². The molecule has 0 unspecified atom stereocenters. The van der Waals surface area contributed by atoms with E-state index < -0.39 is 0 Å². The number of allylic oxidation sites excluding steroid dienone is 3. The number of hydrogen-bond donors (Lipinski definition) is 0. The molecule has 0 fully saturated rings. The van der Waals surface area contributed by atoms with E-state index in [4.69, 9.17) is 0 Å². The summed E-state index contributed by atoms with van der Waals surface area (Å²) >= 11 is 0. The molecule has 0 aliphatic carbocycles. The normalized spacial score (nSPS) is 13.9. The van der Waals surface area contributed by atoms with Crippen LogP contribution in [0.15, 0.2) is 29.4 Å². The lowest BCUT2D eigenvalue weighted by molar-refractivity contribution is 0.248. The Labute approximate surface area is 88.6 Å². The maximum absolute atomic E-state index is 4.07. The van der Waals surface area contributed by atoms with Gasteiger partial charge in [0.1, 0.15) is 0 Å². The van der Waals surface area contributed by atoms with Crippen LogP contribution in [-0.4, -0.2) is 6.72 Å². The Morgan fingerprint density at radius 3 is 2.00 bits per heavy atom. The van der Waals surface area contributed by atoms with Crippen LogP contribution in [0.3, 0.4) is 0 Å². The largest absolute Gasteiger partial charge is 0.269 e. The molecule has 0 aromatic carbocycles. The minimum Gasteiger partial charge on any atom is -0.269 e. The van der Waals surface area contributed by atoms with E-state index in [1.54, 1.807) is 6.08 Å². The molecule has 80 valence electrons. The van der Waals surface area contributed by atoms with Crippen molar-refractivity contribution >= 4 is 6.72 Å². The minimum atomic E-state index is 0.0637. The number of rotatable bonds is 4. The summed E-state index contributed by atoms with van der Waals surface area (Å²) in [7, 11) is 0. The van der Waals surface area contributed by atoms with Crippen molar-refractivity contribution in [2.75, 3.05) is 0 Å². The van der Waals surface area contributed by atoms with E-state index in [2.05, 4.69) is 52.9 Å². The smallest absolute Gasteiger partial charge is 0.0452 e. The summed E-state index contributed by atoms with van der Waals surface area (Å²) in [6.07, 6.45) is 4.80. The van der Waals surface area contributed by atoms with Crippen LogP contribution < -0.4 is 0 Å². The van der Waals surface area contributed by atoms with E-state index in [0.717, 1.165) is 12.1 Å². The quantitative estimate of drug-likeness (QED) is 0.468. The van der Waals surface area contributed by atoms with Crippen LogP contribution in [0, 0.1) is 10.8 Å². The van der Waals surface area contributed by atoms with Gasteiger partial charge in [-0.1, -0.05) is 47.3 Å². The van der Waals surface area contributed by atoms with Gasteiger partial charge in [-0.3, -0.25) is 4.99 Å². The van der Waals surface area contributed by atoms with Crippen molar-refractivity contribution < 1.29 is 0 Å². The lowest BCUT2D eigenvalue weighted by Crippen LogP contribution is -2.22. The molecule has 0 aromatic heterocycles. The summed E-state index contributed by atoms with van der Waals surface area (Å²) in [5, 5.41) is 0. The summed E-state index contributed by atoms with van der Waals surface area (Å²) in [5.41, 5.74) is 1.38. The SMILES string of the molecule is C=C/C=C(\N=C)C(C)(C)CC(C)(C)C. The monoisotopic (exact) mass is 193 g/mol. The Morgan fingerprint density at radius 2 is 1.71 bits per heavy atom. The highest BCUT2D eigenvalue weighted by Crippen LogP contribution is 2.39.